The zero-order chi connectivity index (χ0) is 17.5. The Morgan fingerprint density at radius 3 is 2.17 bits per heavy atom. The van der Waals surface area contributed by atoms with Crippen molar-refractivity contribution in [2.75, 3.05) is 6.61 Å². The van der Waals surface area contributed by atoms with E-state index in [4.69, 9.17) is 9.16 Å². The quantitative estimate of drug-likeness (QED) is 0.527. The predicted molar refractivity (Wildman–Crippen MR) is 105 cm³/mol. The average Bonchev–Trinajstić information content (AvgIpc) is 3.19. The van der Waals surface area contributed by atoms with Crippen LogP contribution in [0.3, 0.4) is 0 Å². The Balaban J connectivity index is 2.36. The Hall–Kier alpha value is -0.426. The van der Waals surface area contributed by atoms with Crippen molar-refractivity contribution >= 4 is 21.6 Å². The van der Waals surface area contributed by atoms with Gasteiger partial charge in [-0.15, -0.1) is 0 Å². The summed E-state index contributed by atoms with van der Waals surface area (Å²) in [6, 6.07) is 8.94. The molecule has 0 unspecified atom stereocenters. The minimum absolute atomic E-state index is 0.173. The second-order valence-corrected chi connectivity index (χ2v) is 19.2. The normalized spacial score (nSPS) is 20.4. The van der Waals surface area contributed by atoms with Crippen LogP contribution < -0.4 is 5.19 Å². The molecule has 130 valence electrons. The molecule has 4 heteroatoms. The lowest BCUT2D eigenvalue weighted by Gasteiger charge is -2.40. The van der Waals surface area contributed by atoms with Crippen molar-refractivity contribution in [1.29, 1.82) is 0 Å². The smallest absolute Gasteiger partial charge is 0.192 e. The molecule has 2 rings (SSSR count). The van der Waals surface area contributed by atoms with Gasteiger partial charge in [0.2, 0.25) is 0 Å². The van der Waals surface area contributed by atoms with Gasteiger partial charge in [-0.25, -0.2) is 0 Å². The molecule has 0 aromatic heterocycles. The van der Waals surface area contributed by atoms with Gasteiger partial charge in [0, 0.05) is 6.42 Å². The lowest BCUT2D eigenvalue weighted by Crippen LogP contribution is -2.45. The van der Waals surface area contributed by atoms with Crippen LogP contribution in [0.25, 0.3) is 0 Å². The summed E-state index contributed by atoms with van der Waals surface area (Å²) < 4.78 is 12.4. The summed E-state index contributed by atoms with van der Waals surface area (Å²) in [7, 11) is -3.21. The van der Waals surface area contributed by atoms with Crippen molar-refractivity contribution in [1.82, 2.24) is 0 Å². The first kappa shape index (κ1) is 18.9. The summed E-state index contributed by atoms with van der Waals surface area (Å²) in [4.78, 5) is 0. The van der Waals surface area contributed by atoms with E-state index >= 15 is 0 Å². The highest BCUT2D eigenvalue weighted by atomic mass is 28.4. The monoisotopic (exact) mass is 350 g/mol. The number of hydrogen-bond donors (Lipinski definition) is 0. The van der Waals surface area contributed by atoms with Gasteiger partial charge in [-0.2, -0.15) is 0 Å². The molecular weight excluding hydrogens is 316 g/mol. The summed E-state index contributed by atoms with van der Waals surface area (Å²) >= 11 is 0. The van der Waals surface area contributed by atoms with Gasteiger partial charge >= 0.3 is 0 Å². The Bertz CT molecular complexity index is 537. The van der Waals surface area contributed by atoms with E-state index in [1.54, 1.807) is 0 Å². The lowest BCUT2D eigenvalue weighted by atomic mass is 10.1. The van der Waals surface area contributed by atoms with Crippen LogP contribution in [0.15, 0.2) is 24.3 Å². The lowest BCUT2D eigenvalue weighted by molar-refractivity contribution is 0.161. The van der Waals surface area contributed by atoms with E-state index in [1.165, 1.54) is 10.8 Å². The highest BCUT2D eigenvalue weighted by Crippen LogP contribution is 2.41. The number of ether oxygens (including phenoxy) is 1. The highest BCUT2D eigenvalue weighted by Gasteiger charge is 2.41. The molecule has 23 heavy (non-hydrogen) atoms. The van der Waals surface area contributed by atoms with Crippen LogP contribution in [0, 0.1) is 0 Å². The number of benzene rings is 1. The SMILES string of the molecule is CC(C)(C)[Si](C)(C)O[C@H](C[C@H]1CO1)c1ccccc1[Si](C)(C)C. The fourth-order valence-electron chi connectivity index (χ4n) is 2.67. The molecular formula is C19H34O2Si2. The molecule has 0 spiro atoms. The maximum atomic E-state index is 6.86. The summed E-state index contributed by atoms with van der Waals surface area (Å²) in [6.45, 7) is 19.8. The van der Waals surface area contributed by atoms with Crippen LogP contribution in [0.2, 0.25) is 37.8 Å². The summed E-state index contributed by atoms with van der Waals surface area (Å²) in [5.41, 5.74) is 1.41. The van der Waals surface area contributed by atoms with Gasteiger partial charge in [-0.1, -0.05) is 69.9 Å². The minimum atomic E-state index is -1.81. The van der Waals surface area contributed by atoms with Crippen LogP contribution in [0.4, 0.5) is 0 Å². The van der Waals surface area contributed by atoms with Gasteiger partial charge in [-0.05, 0) is 23.7 Å². The van der Waals surface area contributed by atoms with Gasteiger partial charge in [0.15, 0.2) is 8.32 Å². The number of rotatable bonds is 6. The topological polar surface area (TPSA) is 21.8 Å². The van der Waals surface area contributed by atoms with E-state index in [1.807, 2.05) is 0 Å². The standard InChI is InChI=1S/C19H34O2Si2/c1-19(2,3)23(7,8)21-17(13-15-14-20-15)16-11-9-10-12-18(16)22(4,5)6/h9-12,15,17H,13-14H2,1-8H3/t15-,17+/m0/s1. The summed E-state index contributed by atoms with van der Waals surface area (Å²) in [5.74, 6) is 0. The Kier molecular flexibility index (Phi) is 5.32. The van der Waals surface area contributed by atoms with Gasteiger partial charge < -0.3 is 9.16 Å². The molecule has 0 N–H and O–H groups in total. The molecule has 0 saturated carbocycles. The number of hydrogen-bond acceptors (Lipinski definition) is 2. The van der Waals surface area contributed by atoms with E-state index in [9.17, 15) is 0 Å². The maximum absolute atomic E-state index is 6.86. The van der Waals surface area contributed by atoms with E-state index in [0.717, 1.165) is 13.0 Å². The van der Waals surface area contributed by atoms with E-state index < -0.39 is 16.4 Å². The third-order valence-corrected chi connectivity index (χ3v) is 11.8. The molecule has 1 heterocycles. The zero-order valence-electron chi connectivity index (χ0n) is 16.2. The fourth-order valence-corrected chi connectivity index (χ4v) is 5.67. The van der Waals surface area contributed by atoms with Crippen molar-refractivity contribution in [2.24, 2.45) is 0 Å². The third kappa shape index (κ3) is 4.78. The van der Waals surface area contributed by atoms with Gasteiger partial charge in [0.05, 0.1) is 26.9 Å². The minimum Gasteiger partial charge on any atom is -0.410 e. The molecule has 1 aromatic rings. The molecule has 2 nitrogen and oxygen atoms in total. The summed E-state index contributed by atoms with van der Waals surface area (Å²) in [6.07, 6.45) is 1.55. The third-order valence-electron chi connectivity index (χ3n) is 5.24. The van der Waals surface area contributed by atoms with Crippen LogP contribution in [0.5, 0.6) is 0 Å². The van der Waals surface area contributed by atoms with Crippen LogP contribution in [-0.4, -0.2) is 29.1 Å². The van der Waals surface area contributed by atoms with E-state index in [0.29, 0.717) is 6.10 Å². The van der Waals surface area contributed by atoms with Crippen molar-refractivity contribution < 1.29 is 9.16 Å². The molecule has 1 saturated heterocycles. The molecule has 2 atom stereocenters. The van der Waals surface area contributed by atoms with E-state index in [2.05, 4.69) is 77.8 Å². The average molecular weight is 351 g/mol. The van der Waals surface area contributed by atoms with Gasteiger partial charge in [0.1, 0.15) is 0 Å². The summed E-state index contributed by atoms with van der Waals surface area (Å²) in [5, 5.41) is 1.76. The van der Waals surface area contributed by atoms with Gasteiger partial charge in [-0.3, -0.25) is 0 Å². The zero-order valence-corrected chi connectivity index (χ0v) is 18.2. The van der Waals surface area contributed by atoms with Crippen LogP contribution >= 0.6 is 0 Å². The van der Waals surface area contributed by atoms with Gasteiger partial charge in [0.25, 0.3) is 0 Å². The Morgan fingerprint density at radius 1 is 1.13 bits per heavy atom. The first-order chi connectivity index (χ1) is 10.4. The molecule has 0 bridgehead atoms. The maximum Gasteiger partial charge on any atom is 0.192 e. The first-order valence-electron chi connectivity index (χ1n) is 8.80. The van der Waals surface area contributed by atoms with E-state index in [-0.39, 0.29) is 11.1 Å². The Morgan fingerprint density at radius 2 is 1.70 bits per heavy atom. The first-order valence-corrected chi connectivity index (χ1v) is 15.2. The van der Waals surface area contributed by atoms with Crippen molar-refractivity contribution in [3.63, 3.8) is 0 Å². The molecule has 0 amide bonds. The predicted octanol–water partition coefficient (Wildman–Crippen LogP) is 5.08. The molecule has 0 aliphatic carbocycles. The van der Waals surface area contributed by atoms with Crippen molar-refractivity contribution in [2.45, 2.75) is 77.2 Å². The fraction of sp³-hybridized carbons (Fsp3) is 0.684. The van der Waals surface area contributed by atoms with Crippen molar-refractivity contribution in [3.8, 4) is 0 Å². The second kappa shape index (κ2) is 6.47. The van der Waals surface area contributed by atoms with Crippen molar-refractivity contribution in [3.05, 3.63) is 29.8 Å². The number of epoxide rings is 1. The largest absolute Gasteiger partial charge is 0.410 e. The van der Waals surface area contributed by atoms with Crippen LogP contribution in [-0.2, 0) is 9.16 Å². The van der Waals surface area contributed by atoms with Crippen LogP contribution in [0.1, 0.15) is 38.9 Å². The highest BCUT2D eigenvalue weighted by molar-refractivity contribution is 6.89. The molecule has 0 radical (unpaired) electrons. The molecule has 1 aliphatic rings. The molecule has 1 fully saturated rings. The second-order valence-electron chi connectivity index (χ2n) is 9.40. The molecule has 1 aliphatic heterocycles. The molecule has 1 aromatic carbocycles. The Labute approximate surface area is 144 Å².